The van der Waals surface area contributed by atoms with Crippen molar-refractivity contribution in [2.24, 2.45) is 0 Å². The summed E-state index contributed by atoms with van der Waals surface area (Å²) >= 11 is 3.30. The van der Waals surface area contributed by atoms with Crippen molar-refractivity contribution in [3.8, 4) is 34.1 Å². The van der Waals surface area contributed by atoms with Gasteiger partial charge in [-0.2, -0.15) is 0 Å². The van der Waals surface area contributed by atoms with Crippen molar-refractivity contribution in [1.29, 1.82) is 0 Å². The Balaban J connectivity index is 2.08. The zero-order chi connectivity index (χ0) is 17.6. The van der Waals surface area contributed by atoms with E-state index in [9.17, 15) is 14.6 Å². The van der Waals surface area contributed by atoms with Gasteiger partial charge in [0.1, 0.15) is 23.0 Å². The van der Waals surface area contributed by atoms with Crippen LogP contribution in [0.5, 0.6) is 11.5 Å². The summed E-state index contributed by atoms with van der Waals surface area (Å²) in [7, 11) is 0. The monoisotopic (exact) mass is 398 g/mol. The van der Waals surface area contributed by atoms with Gasteiger partial charge in [-0.05, 0) is 52.3 Å². The van der Waals surface area contributed by atoms with Gasteiger partial charge in [0.25, 0.3) is 0 Å². The van der Waals surface area contributed by atoms with Crippen LogP contribution in [0.3, 0.4) is 0 Å². The second-order valence-electron chi connectivity index (χ2n) is 5.51. The summed E-state index contributed by atoms with van der Waals surface area (Å²) in [5, 5.41) is 20.5. The van der Waals surface area contributed by atoms with Gasteiger partial charge < -0.3 is 10.2 Å². The molecule has 4 nitrogen and oxygen atoms in total. The van der Waals surface area contributed by atoms with E-state index in [0.29, 0.717) is 21.2 Å². The van der Waals surface area contributed by atoms with Crippen LogP contribution in [-0.4, -0.2) is 19.6 Å². The molecule has 0 aliphatic heterocycles. The van der Waals surface area contributed by atoms with Gasteiger partial charge in [0.05, 0.1) is 15.6 Å². The summed E-state index contributed by atoms with van der Waals surface area (Å²) in [5.74, 6) is -0.447. The molecule has 0 unspecified atom stereocenters. The van der Waals surface area contributed by atoms with Gasteiger partial charge in [-0.1, -0.05) is 18.2 Å². The number of aromatic hydroxyl groups is 2. The van der Waals surface area contributed by atoms with Gasteiger partial charge in [-0.15, -0.1) is 0 Å². The van der Waals surface area contributed by atoms with E-state index in [1.54, 1.807) is 34.9 Å². The van der Waals surface area contributed by atoms with Crippen LogP contribution in [0.4, 0.5) is 4.39 Å². The summed E-state index contributed by atoms with van der Waals surface area (Å²) in [5.41, 5.74) is 1.72. The molecule has 124 valence electrons. The van der Waals surface area contributed by atoms with E-state index in [-0.39, 0.29) is 22.9 Å². The van der Waals surface area contributed by atoms with Crippen LogP contribution in [0.15, 0.2) is 65.3 Å². The Hall–Kier alpha value is -2.86. The first-order valence-corrected chi connectivity index (χ1v) is 8.30. The minimum Gasteiger partial charge on any atom is -0.507 e. The lowest BCUT2D eigenvalue weighted by Gasteiger charge is -2.04. The molecule has 0 aliphatic rings. The topological polar surface area (TPSA) is 57.8 Å². The Bertz CT molecular complexity index is 1090. The average molecular weight is 399 g/mol. The summed E-state index contributed by atoms with van der Waals surface area (Å²) < 4.78 is 16.6. The third-order valence-electron chi connectivity index (χ3n) is 4.01. The number of aromatic nitrogens is 2. The van der Waals surface area contributed by atoms with Crippen molar-refractivity contribution in [3.63, 3.8) is 0 Å². The third-order valence-corrected chi connectivity index (χ3v) is 4.65. The molecule has 0 fully saturated rings. The van der Waals surface area contributed by atoms with E-state index < -0.39 is 5.82 Å². The normalized spacial score (nSPS) is 11.1. The first-order valence-electron chi connectivity index (χ1n) is 7.50. The van der Waals surface area contributed by atoms with E-state index in [1.807, 2.05) is 12.1 Å². The van der Waals surface area contributed by atoms with Gasteiger partial charge >= 0.3 is 0 Å². The SMILES string of the molecule is Oc1cccc(F)c1-c1nc(-c2cccc(Br)c2O)c2ccccn12. The number of nitrogens with zero attached hydrogens (tertiary/aromatic N) is 2. The molecule has 0 radical (unpaired) electrons. The first-order chi connectivity index (χ1) is 12.1. The molecule has 25 heavy (non-hydrogen) atoms. The fourth-order valence-corrected chi connectivity index (χ4v) is 3.22. The standard InChI is InChI=1S/C19H12BrFN2O2/c20-12-6-3-5-11(18(12)25)17-14-8-1-2-10-23(14)19(22-17)16-13(21)7-4-9-15(16)24/h1-10,24-25H. The molecule has 0 saturated carbocycles. The maximum Gasteiger partial charge on any atom is 0.152 e. The summed E-state index contributed by atoms with van der Waals surface area (Å²) in [4.78, 5) is 4.54. The fourth-order valence-electron chi connectivity index (χ4n) is 2.85. The Kier molecular flexibility index (Phi) is 3.69. The predicted octanol–water partition coefficient (Wildman–Crippen LogP) is 4.98. The van der Waals surface area contributed by atoms with Crippen LogP contribution in [0, 0.1) is 5.82 Å². The highest BCUT2D eigenvalue weighted by Gasteiger charge is 2.21. The average Bonchev–Trinajstić information content (AvgIpc) is 2.97. The van der Waals surface area contributed by atoms with Gasteiger partial charge in [0.2, 0.25) is 0 Å². The maximum atomic E-state index is 14.3. The minimum absolute atomic E-state index is 0.0180. The van der Waals surface area contributed by atoms with Crippen LogP contribution in [0.2, 0.25) is 0 Å². The Morgan fingerprint density at radius 1 is 0.960 bits per heavy atom. The van der Waals surface area contributed by atoms with Crippen LogP contribution in [-0.2, 0) is 0 Å². The van der Waals surface area contributed by atoms with Crippen molar-refractivity contribution in [1.82, 2.24) is 9.38 Å². The second-order valence-corrected chi connectivity index (χ2v) is 6.36. The number of hydrogen-bond acceptors (Lipinski definition) is 3. The summed E-state index contributed by atoms with van der Waals surface area (Å²) in [6.45, 7) is 0. The highest BCUT2D eigenvalue weighted by Crippen LogP contribution is 2.40. The third kappa shape index (κ3) is 2.46. The smallest absolute Gasteiger partial charge is 0.152 e. The van der Waals surface area contributed by atoms with E-state index in [2.05, 4.69) is 20.9 Å². The van der Waals surface area contributed by atoms with Crippen LogP contribution in [0.25, 0.3) is 28.2 Å². The number of pyridine rings is 1. The van der Waals surface area contributed by atoms with Gasteiger partial charge in [-0.25, -0.2) is 9.37 Å². The van der Waals surface area contributed by atoms with Crippen molar-refractivity contribution < 1.29 is 14.6 Å². The minimum atomic E-state index is -0.569. The highest BCUT2D eigenvalue weighted by atomic mass is 79.9. The number of imidazole rings is 1. The summed E-state index contributed by atoms with van der Waals surface area (Å²) in [6.07, 6.45) is 1.74. The van der Waals surface area contributed by atoms with Crippen molar-refractivity contribution >= 4 is 21.4 Å². The zero-order valence-electron chi connectivity index (χ0n) is 12.8. The van der Waals surface area contributed by atoms with Crippen LogP contribution >= 0.6 is 15.9 Å². The highest BCUT2D eigenvalue weighted by molar-refractivity contribution is 9.10. The van der Waals surface area contributed by atoms with Crippen LogP contribution < -0.4 is 0 Å². The molecule has 2 N–H and O–H groups in total. The van der Waals surface area contributed by atoms with Crippen LogP contribution in [0.1, 0.15) is 0 Å². The number of rotatable bonds is 2. The van der Waals surface area contributed by atoms with Crippen molar-refractivity contribution in [2.45, 2.75) is 0 Å². The fraction of sp³-hybridized carbons (Fsp3) is 0. The predicted molar refractivity (Wildman–Crippen MR) is 97.1 cm³/mol. The lowest BCUT2D eigenvalue weighted by Crippen LogP contribution is -1.92. The number of hydrogen-bond donors (Lipinski definition) is 2. The lowest BCUT2D eigenvalue weighted by molar-refractivity contribution is 0.471. The molecule has 0 atom stereocenters. The molecule has 6 heteroatoms. The first kappa shape index (κ1) is 15.7. The molecule has 0 saturated heterocycles. The largest absolute Gasteiger partial charge is 0.507 e. The lowest BCUT2D eigenvalue weighted by atomic mass is 10.1. The molecule has 4 rings (SSSR count). The molecule has 4 aromatic rings. The van der Waals surface area contributed by atoms with Crippen molar-refractivity contribution in [3.05, 3.63) is 71.1 Å². The summed E-state index contributed by atoms with van der Waals surface area (Å²) in [6, 6.07) is 14.8. The number of phenolic OH excluding ortho intramolecular Hbond substituents is 2. The molecule has 0 bridgehead atoms. The number of halogens is 2. The number of benzene rings is 2. The number of fused-ring (bicyclic) bond motifs is 1. The Morgan fingerprint density at radius 2 is 1.76 bits per heavy atom. The van der Waals surface area contributed by atoms with E-state index in [4.69, 9.17) is 0 Å². The van der Waals surface area contributed by atoms with Gasteiger partial charge in [0, 0.05) is 11.8 Å². The quantitative estimate of drug-likeness (QED) is 0.500. The molecule has 2 aromatic heterocycles. The Labute approximate surface area is 151 Å². The van der Waals surface area contributed by atoms with Gasteiger partial charge in [0.15, 0.2) is 5.82 Å². The molecular formula is C19H12BrFN2O2. The number of para-hydroxylation sites is 1. The van der Waals surface area contributed by atoms with Gasteiger partial charge in [-0.3, -0.25) is 4.40 Å². The van der Waals surface area contributed by atoms with E-state index in [0.717, 1.165) is 0 Å². The molecular weight excluding hydrogens is 387 g/mol. The molecule has 0 amide bonds. The number of phenols is 2. The van der Waals surface area contributed by atoms with E-state index in [1.165, 1.54) is 18.2 Å². The Morgan fingerprint density at radius 3 is 2.56 bits per heavy atom. The molecule has 0 spiro atoms. The molecule has 0 aliphatic carbocycles. The molecule has 2 heterocycles. The molecule has 2 aromatic carbocycles. The van der Waals surface area contributed by atoms with E-state index >= 15 is 0 Å². The maximum absolute atomic E-state index is 14.3. The zero-order valence-corrected chi connectivity index (χ0v) is 14.4. The second kappa shape index (κ2) is 5.89. The van der Waals surface area contributed by atoms with Crippen molar-refractivity contribution in [2.75, 3.05) is 0 Å².